The highest BCUT2D eigenvalue weighted by atomic mass is 35.5. The van der Waals surface area contributed by atoms with E-state index in [1.54, 1.807) is 48.5 Å². The Hall–Kier alpha value is -2.53. The third-order valence-corrected chi connectivity index (χ3v) is 4.68. The molecule has 0 saturated carbocycles. The van der Waals surface area contributed by atoms with Crippen molar-refractivity contribution in [1.29, 1.82) is 0 Å². The van der Waals surface area contributed by atoms with Gasteiger partial charge in [0, 0.05) is 21.4 Å². The van der Waals surface area contributed by atoms with Gasteiger partial charge in [0.05, 0.1) is 17.0 Å². The van der Waals surface area contributed by atoms with Gasteiger partial charge in [-0.15, -0.1) is 0 Å². The molecule has 28 heavy (non-hydrogen) atoms. The zero-order valence-corrected chi connectivity index (χ0v) is 16.8. The van der Waals surface area contributed by atoms with Crippen LogP contribution in [-0.2, 0) is 11.2 Å². The Bertz CT molecular complexity index is 1000. The smallest absolute Gasteiger partial charge is 0.257 e. The molecule has 0 aliphatic carbocycles. The summed E-state index contributed by atoms with van der Waals surface area (Å²) in [4.78, 5) is 24.5. The molecule has 2 amide bonds. The number of hydrogen-bond acceptors (Lipinski definition) is 2. The Kier molecular flexibility index (Phi) is 6.57. The third-order valence-electron chi connectivity index (χ3n) is 3.88. The average Bonchev–Trinajstić information content (AvgIpc) is 2.65. The van der Waals surface area contributed by atoms with Crippen LogP contribution in [0.5, 0.6) is 0 Å². The molecule has 3 aromatic carbocycles. The standard InChI is InChI=1S/C21H15Cl3N2O2/c22-14-3-1-13(2-4-14)11-20(27)25-16-6-8-17(9-7-16)26-21(28)18-10-5-15(23)12-19(18)24/h1-10,12H,11H2,(H,25,27)(H,26,28). The van der Waals surface area contributed by atoms with Gasteiger partial charge < -0.3 is 10.6 Å². The Morgan fingerprint density at radius 3 is 1.89 bits per heavy atom. The molecule has 0 aliphatic rings. The van der Waals surface area contributed by atoms with Gasteiger partial charge in [-0.3, -0.25) is 9.59 Å². The number of benzene rings is 3. The van der Waals surface area contributed by atoms with Gasteiger partial charge in [0.15, 0.2) is 0 Å². The van der Waals surface area contributed by atoms with Crippen molar-refractivity contribution in [1.82, 2.24) is 0 Å². The minimum atomic E-state index is -0.346. The van der Waals surface area contributed by atoms with Crippen LogP contribution in [0.2, 0.25) is 15.1 Å². The van der Waals surface area contributed by atoms with E-state index in [0.29, 0.717) is 27.0 Å². The molecule has 142 valence electrons. The van der Waals surface area contributed by atoms with Crippen LogP contribution in [0.25, 0.3) is 0 Å². The summed E-state index contributed by atoms with van der Waals surface area (Å²) >= 11 is 17.7. The maximum absolute atomic E-state index is 12.3. The monoisotopic (exact) mass is 432 g/mol. The number of rotatable bonds is 5. The highest BCUT2D eigenvalue weighted by molar-refractivity contribution is 6.37. The number of carbonyl (C=O) groups excluding carboxylic acids is 2. The van der Waals surface area contributed by atoms with Crippen molar-refractivity contribution in [2.45, 2.75) is 6.42 Å². The highest BCUT2D eigenvalue weighted by Crippen LogP contribution is 2.22. The van der Waals surface area contributed by atoms with Gasteiger partial charge in [0.2, 0.25) is 5.91 Å². The summed E-state index contributed by atoms with van der Waals surface area (Å²) in [6.45, 7) is 0. The van der Waals surface area contributed by atoms with Gasteiger partial charge in [0.25, 0.3) is 5.91 Å². The van der Waals surface area contributed by atoms with Gasteiger partial charge in [-0.25, -0.2) is 0 Å². The molecule has 0 bridgehead atoms. The van der Waals surface area contributed by atoms with Gasteiger partial charge in [-0.05, 0) is 60.2 Å². The highest BCUT2D eigenvalue weighted by Gasteiger charge is 2.11. The molecule has 0 unspecified atom stereocenters. The summed E-state index contributed by atoms with van der Waals surface area (Å²) in [5.41, 5.74) is 2.39. The fourth-order valence-corrected chi connectivity index (χ4v) is 3.12. The van der Waals surface area contributed by atoms with E-state index in [1.807, 2.05) is 12.1 Å². The van der Waals surface area contributed by atoms with Crippen LogP contribution in [0.3, 0.4) is 0 Å². The van der Waals surface area contributed by atoms with Crippen LogP contribution in [-0.4, -0.2) is 11.8 Å². The minimum Gasteiger partial charge on any atom is -0.326 e. The fraction of sp³-hybridized carbons (Fsp3) is 0.0476. The van der Waals surface area contributed by atoms with Crippen LogP contribution in [0.4, 0.5) is 11.4 Å². The molecule has 0 aromatic heterocycles. The van der Waals surface area contributed by atoms with Crippen molar-refractivity contribution < 1.29 is 9.59 Å². The molecular weight excluding hydrogens is 419 g/mol. The Morgan fingerprint density at radius 2 is 1.29 bits per heavy atom. The van der Waals surface area contributed by atoms with Crippen molar-refractivity contribution in [2.24, 2.45) is 0 Å². The number of anilines is 2. The number of carbonyl (C=O) groups is 2. The van der Waals surface area contributed by atoms with E-state index in [0.717, 1.165) is 5.56 Å². The lowest BCUT2D eigenvalue weighted by atomic mass is 10.1. The summed E-state index contributed by atoms with van der Waals surface area (Å²) < 4.78 is 0. The van der Waals surface area contributed by atoms with E-state index in [4.69, 9.17) is 34.8 Å². The van der Waals surface area contributed by atoms with Crippen LogP contribution in [0.1, 0.15) is 15.9 Å². The van der Waals surface area contributed by atoms with Crippen LogP contribution >= 0.6 is 34.8 Å². The SMILES string of the molecule is O=C(Cc1ccc(Cl)cc1)Nc1ccc(NC(=O)c2ccc(Cl)cc2Cl)cc1. The largest absolute Gasteiger partial charge is 0.326 e. The van der Waals surface area contributed by atoms with Crippen LogP contribution in [0, 0.1) is 0 Å². The van der Waals surface area contributed by atoms with E-state index in [9.17, 15) is 9.59 Å². The number of nitrogens with one attached hydrogen (secondary N) is 2. The summed E-state index contributed by atoms with van der Waals surface area (Å²) in [5.74, 6) is -0.492. The second-order valence-electron chi connectivity index (χ2n) is 6.01. The van der Waals surface area contributed by atoms with Crippen LogP contribution < -0.4 is 10.6 Å². The lowest BCUT2D eigenvalue weighted by Gasteiger charge is -2.09. The molecule has 0 atom stereocenters. The molecule has 4 nitrogen and oxygen atoms in total. The summed E-state index contributed by atoms with van der Waals surface area (Å²) in [5, 5.41) is 6.92. The Labute approximate surface area is 177 Å². The van der Waals surface area contributed by atoms with Gasteiger partial charge >= 0.3 is 0 Å². The lowest BCUT2D eigenvalue weighted by molar-refractivity contribution is -0.115. The van der Waals surface area contributed by atoms with E-state index in [2.05, 4.69) is 10.6 Å². The quantitative estimate of drug-likeness (QED) is 0.512. The molecule has 7 heteroatoms. The normalized spacial score (nSPS) is 10.4. The second-order valence-corrected chi connectivity index (χ2v) is 7.29. The van der Waals surface area contributed by atoms with Crippen molar-refractivity contribution in [2.75, 3.05) is 10.6 Å². The second kappa shape index (κ2) is 9.11. The Morgan fingerprint density at radius 1 is 0.714 bits per heavy atom. The molecular formula is C21H15Cl3N2O2. The maximum atomic E-state index is 12.3. The first-order valence-electron chi connectivity index (χ1n) is 8.31. The molecule has 0 spiro atoms. The van der Waals surface area contributed by atoms with E-state index in [-0.39, 0.29) is 23.3 Å². The molecule has 0 fully saturated rings. The summed E-state index contributed by atoms with van der Waals surface area (Å²) in [7, 11) is 0. The zero-order valence-electron chi connectivity index (χ0n) is 14.5. The molecule has 3 aromatic rings. The number of hydrogen-bond donors (Lipinski definition) is 2. The average molecular weight is 434 g/mol. The van der Waals surface area contributed by atoms with Crippen LogP contribution in [0.15, 0.2) is 66.7 Å². The number of amides is 2. The Balaban J connectivity index is 1.59. The lowest BCUT2D eigenvalue weighted by Crippen LogP contribution is -2.15. The molecule has 2 N–H and O–H groups in total. The van der Waals surface area contributed by atoms with Crippen molar-refractivity contribution in [3.63, 3.8) is 0 Å². The van der Waals surface area contributed by atoms with Crippen molar-refractivity contribution in [3.05, 3.63) is 92.9 Å². The third kappa shape index (κ3) is 5.49. The van der Waals surface area contributed by atoms with Crippen molar-refractivity contribution in [3.8, 4) is 0 Å². The zero-order chi connectivity index (χ0) is 20.1. The number of halogens is 3. The summed E-state index contributed by atoms with van der Waals surface area (Å²) in [6.07, 6.45) is 0.241. The molecule has 0 saturated heterocycles. The first-order valence-corrected chi connectivity index (χ1v) is 9.45. The maximum Gasteiger partial charge on any atom is 0.257 e. The molecule has 0 heterocycles. The topological polar surface area (TPSA) is 58.2 Å². The predicted octanol–water partition coefficient (Wildman–Crippen LogP) is 6.08. The summed E-state index contributed by atoms with van der Waals surface area (Å²) in [6, 6.07) is 18.6. The molecule has 3 rings (SSSR count). The van der Waals surface area contributed by atoms with E-state index < -0.39 is 0 Å². The van der Waals surface area contributed by atoms with E-state index in [1.165, 1.54) is 6.07 Å². The van der Waals surface area contributed by atoms with Gasteiger partial charge in [-0.1, -0.05) is 46.9 Å². The first-order chi connectivity index (χ1) is 13.4. The fourth-order valence-electron chi connectivity index (χ4n) is 2.50. The predicted molar refractivity (Wildman–Crippen MR) is 115 cm³/mol. The van der Waals surface area contributed by atoms with E-state index >= 15 is 0 Å². The van der Waals surface area contributed by atoms with Crippen molar-refractivity contribution >= 4 is 58.0 Å². The molecule has 0 radical (unpaired) electrons. The minimum absolute atomic E-state index is 0.146. The molecule has 0 aliphatic heterocycles. The van der Waals surface area contributed by atoms with Gasteiger partial charge in [-0.2, -0.15) is 0 Å². The first kappa shape index (κ1) is 20.2. The van der Waals surface area contributed by atoms with Gasteiger partial charge in [0.1, 0.15) is 0 Å².